The molecule has 0 spiro atoms. The normalized spacial score (nSPS) is 11.2. The van der Waals surface area contributed by atoms with E-state index in [9.17, 15) is 4.79 Å². The molecule has 1 amide bonds. The van der Waals surface area contributed by atoms with Gasteiger partial charge in [0.05, 0.1) is 5.56 Å². The van der Waals surface area contributed by atoms with Crippen LogP contribution in [0.25, 0.3) is 0 Å². The predicted octanol–water partition coefficient (Wildman–Crippen LogP) is 1.42. The van der Waals surface area contributed by atoms with E-state index in [0.29, 0.717) is 17.9 Å². The smallest absolute Gasteiger partial charge is 0.257 e. The van der Waals surface area contributed by atoms with Gasteiger partial charge in [-0.2, -0.15) is 11.8 Å². The number of hydrogen-bond donors (Lipinski definition) is 3. The topological polar surface area (TPSA) is 96.9 Å². The zero-order chi connectivity index (χ0) is 15.5. The van der Waals surface area contributed by atoms with E-state index in [4.69, 9.17) is 15.7 Å². The number of hydrogen-bond acceptors (Lipinski definition) is 5. The Morgan fingerprint density at radius 1 is 1.43 bits per heavy atom. The van der Waals surface area contributed by atoms with Crippen molar-refractivity contribution in [3.63, 3.8) is 0 Å². The number of benzene rings is 1. The van der Waals surface area contributed by atoms with E-state index >= 15 is 0 Å². The van der Waals surface area contributed by atoms with Gasteiger partial charge in [0.25, 0.3) is 5.91 Å². The van der Waals surface area contributed by atoms with Gasteiger partial charge in [-0.1, -0.05) is 17.3 Å². The third-order valence-electron chi connectivity index (χ3n) is 2.73. The van der Waals surface area contributed by atoms with E-state index in [1.807, 2.05) is 0 Å². The van der Waals surface area contributed by atoms with Gasteiger partial charge < -0.3 is 21.0 Å². The number of nitrogens with zero attached hydrogens (tertiary/aromatic N) is 1. The van der Waals surface area contributed by atoms with Gasteiger partial charge in [-0.05, 0) is 37.0 Å². The fraction of sp³-hybridized carbons (Fsp3) is 0.429. The highest BCUT2D eigenvalue weighted by Gasteiger charge is 2.09. The van der Waals surface area contributed by atoms with Crippen molar-refractivity contribution in [1.82, 2.24) is 5.32 Å². The van der Waals surface area contributed by atoms with Gasteiger partial charge in [0.15, 0.2) is 12.4 Å². The molecule has 0 saturated heterocycles. The first-order valence-corrected chi connectivity index (χ1v) is 8.03. The highest BCUT2D eigenvalue weighted by Crippen LogP contribution is 2.17. The molecule has 7 heteroatoms. The monoisotopic (exact) mass is 311 g/mol. The Morgan fingerprint density at radius 3 is 2.90 bits per heavy atom. The number of amides is 1. The summed E-state index contributed by atoms with van der Waals surface area (Å²) >= 11 is 1.79. The van der Waals surface area contributed by atoms with Crippen LogP contribution in [0.15, 0.2) is 29.4 Å². The quantitative estimate of drug-likeness (QED) is 0.211. The Kier molecular flexibility index (Phi) is 8.11. The van der Waals surface area contributed by atoms with E-state index in [0.717, 1.165) is 18.6 Å². The zero-order valence-electron chi connectivity index (χ0n) is 12.0. The number of para-hydroxylation sites is 1. The molecule has 1 rings (SSSR count). The maximum atomic E-state index is 11.6. The third kappa shape index (κ3) is 6.40. The third-order valence-corrected chi connectivity index (χ3v) is 3.42. The number of carbonyl (C=O) groups is 1. The second-order valence-corrected chi connectivity index (χ2v) is 5.31. The lowest BCUT2D eigenvalue weighted by Gasteiger charge is -2.10. The SMILES string of the molecule is CSCCCCNC(=O)COc1ccccc1/C(N)=N/O. The summed E-state index contributed by atoms with van der Waals surface area (Å²) < 4.78 is 5.41. The lowest BCUT2D eigenvalue weighted by atomic mass is 10.2. The Labute approximate surface area is 128 Å². The molecule has 0 aliphatic heterocycles. The number of thioether (sulfide) groups is 1. The van der Waals surface area contributed by atoms with Crippen LogP contribution in [0.2, 0.25) is 0 Å². The number of carbonyl (C=O) groups excluding carboxylic acids is 1. The second-order valence-electron chi connectivity index (χ2n) is 4.32. The zero-order valence-corrected chi connectivity index (χ0v) is 12.9. The summed E-state index contributed by atoms with van der Waals surface area (Å²) in [6.07, 6.45) is 4.09. The van der Waals surface area contributed by atoms with Crippen molar-refractivity contribution < 1.29 is 14.7 Å². The number of unbranched alkanes of at least 4 members (excludes halogenated alkanes) is 1. The van der Waals surface area contributed by atoms with Crippen LogP contribution < -0.4 is 15.8 Å². The van der Waals surface area contributed by atoms with E-state index in [-0.39, 0.29) is 18.3 Å². The maximum absolute atomic E-state index is 11.6. The lowest BCUT2D eigenvalue weighted by Crippen LogP contribution is -2.30. The molecular weight excluding hydrogens is 290 g/mol. The average molecular weight is 311 g/mol. The summed E-state index contributed by atoms with van der Waals surface area (Å²) in [5, 5.41) is 14.4. The summed E-state index contributed by atoms with van der Waals surface area (Å²) in [5.74, 6) is 1.27. The molecule has 116 valence electrons. The number of rotatable bonds is 9. The first-order chi connectivity index (χ1) is 10.2. The van der Waals surface area contributed by atoms with Crippen LogP contribution in [0.3, 0.4) is 0 Å². The minimum atomic E-state index is -0.187. The molecule has 0 atom stereocenters. The predicted molar refractivity (Wildman–Crippen MR) is 85.1 cm³/mol. The number of nitrogens with two attached hydrogens (primary N) is 1. The van der Waals surface area contributed by atoms with Crippen LogP contribution in [-0.4, -0.2) is 42.1 Å². The number of amidine groups is 1. The van der Waals surface area contributed by atoms with Crippen LogP contribution in [0, 0.1) is 0 Å². The van der Waals surface area contributed by atoms with Gasteiger partial charge in [-0.3, -0.25) is 4.79 Å². The molecule has 0 bridgehead atoms. The molecule has 21 heavy (non-hydrogen) atoms. The van der Waals surface area contributed by atoms with Crippen LogP contribution in [0.4, 0.5) is 0 Å². The lowest BCUT2D eigenvalue weighted by molar-refractivity contribution is -0.123. The number of ether oxygens (including phenoxy) is 1. The standard InChI is InChI=1S/C14H21N3O3S/c1-21-9-5-4-8-16-13(18)10-20-12-7-3-2-6-11(12)14(15)17-19/h2-3,6-7,19H,4-5,8-10H2,1H3,(H2,15,17)(H,16,18). The highest BCUT2D eigenvalue weighted by molar-refractivity contribution is 7.98. The summed E-state index contributed by atoms with van der Waals surface area (Å²) in [5.41, 5.74) is 6.00. The Balaban J connectivity index is 2.40. The molecule has 1 aromatic carbocycles. The highest BCUT2D eigenvalue weighted by atomic mass is 32.2. The van der Waals surface area contributed by atoms with Crippen molar-refractivity contribution >= 4 is 23.5 Å². The molecule has 0 aromatic heterocycles. The summed E-state index contributed by atoms with van der Waals surface area (Å²) in [4.78, 5) is 11.6. The Morgan fingerprint density at radius 2 is 2.19 bits per heavy atom. The Hall–Kier alpha value is -1.89. The van der Waals surface area contributed by atoms with Crippen molar-refractivity contribution in [3.05, 3.63) is 29.8 Å². The van der Waals surface area contributed by atoms with Crippen LogP contribution in [0.1, 0.15) is 18.4 Å². The van der Waals surface area contributed by atoms with Gasteiger partial charge in [0.1, 0.15) is 5.75 Å². The largest absolute Gasteiger partial charge is 0.483 e. The van der Waals surface area contributed by atoms with Gasteiger partial charge in [-0.15, -0.1) is 0 Å². The van der Waals surface area contributed by atoms with Crippen molar-refractivity contribution in [2.75, 3.05) is 25.2 Å². The summed E-state index contributed by atoms with van der Waals surface area (Å²) in [6, 6.07) is 6.82. The second kappa shape index (κ2) is 9.93. The summed E-state index contributed by atoms with van der Waals surface area (Å²) in [7, 11) is 0. The first kappa shape index (κ1) is 17.2. The van der Waals surface area contributed by atoms with Crippen molar-refractivity contribution in [2.45, 2.75) is 12.8 Å². The van der Waals surface area contributed by atoms with Crippen molar-refractivity contribution in [2.24, 2.45) is 10.9 Å². The molecule has 0 heterocycles. The van der Waals surface area contributed by atoms with Crippen molar-refractivity contribution in [3.8, 4) is 5.75 Å². The van der Waals surface area contributed by atoms with Crippen LogP contribution in [0.5, 0.6) is 5.75 Å². The minimum absolute atomic E-state index is 0.0527. The molecule has 1 aromatic rings. The van der Waals surface area contributed by atoms with E-state index in [2.05, 4.69) is 16.7 Å². The van der Waals surface area contributed by atoms with Crippen molar-refractivity contribution in [1.29, 1.82) is 0 Å². The Bertz CT molecular complexity index is 480. The molecular formula is C14H21N3O3S. The number of oxime groups is 1. The van der Waals surface area contributed by atoms with E-state index in [1.54, 1.807) is 36.0 Å². The van der Waals surface area contributed by atoms with E-state index in [1.165, 1.54) is 0 Å². The van der Waals surface area contributed by atoms with Gasteiger partial charge >= 0.3 is 0 Å². The molecule has 0 radical (unpaired) electrons. The molecule has 0 aliphatic rings. The fourth-order valence-corrected chi connectivity index (χ4v) is 2.14. The fourth-order valence-electron chi connectivity index (χ4n) is 1.65. The molecule has 0 fully saturated rings. The molecule has 0 saturated carbocycles. The molecule has 6 nitrogen and oxygen atoms in total. The van der Waals surface area contributed by atoms with Crippen LogP contribution >= 0.6 is 11.8 Å². The van der Waals surface area contributed by atoms with Gasteiger partial charge in [0, 0.05) is 6.54 Å². The average Bonchev–Trinajstić information content (AvgIpc) is 2.52. The van der Waals surface area contributed by atoms with Gasteiger partial charge in [0.2, 0.25) is 0 Å². The maximum Gasteiger partial charge on any atom is 0.257 e. The van der Waals surface area contributed by atoms with E-state index < -0.39 is 0 Å². The van der Waals surface area contributed by atoms with Gasteiger partial charge in [-0.25, -0.2) is 0 Å². The van der Waals surface area contributed by atoms with Crippen LogP contribution in [-0.2, 0) is 4.79 Å². The molecule has 0 aliphatic carbocycles. The molecule has 0 unspecified atom stereocenters. The molecule has 4 N–H and O–H groups in total. The summed E-state index contributed by atoms with van der Waals surface area (Å²) in [6.45, 7) is 0.545. The number of nitrogens with one attached hydrogen (secondary N) is 1. The minimum Gasteiger partial charge on any atom is -0.483 e. The first-order valence-electron chi connectivity index (χ1n) is 6.64.